The summed E-state index contributed by atoms with van der Waals surface area (Å²) in [5.41, 5.74) is 0. The summed E-state index contributed by atoms with van der Waals surface area (Å²) >= 11 is 0. The lowest BCUT2D eigenvalue weighted by atomic mass is 10.2. The number of aliphatic hydroxyl groups is 1. The number of ether oxygens (including phenoxy) is 2. The van der Waals surface area contributed by atoms with Crippen molar-refractivity contribution >= 4 is 10.0 Å². The Labute approximate surface area is 103 Å². The van der Waals surface area contributed by atoms with Crippen LogP contribution in [0.5, 0.6) is 0 Å². The number of rotatable bonds is 10. The van der Waals surface area contributed by atoms with Crippen molar-refractivity contribution in [2.75, 3.05) is 32.7 Å². The van der Waals surface area contributed by atoms with Gasteiger partial charge in [0.15, 0.2) is 0 Å². The van der Waals surface area contributed by atoms with Gasteiger partial charge in [-0.15, -0.1) is 0 Å². The van der Waals surface area contributed by atoms with E-state index in [9.17, 15) is 8.42 Å². The molecule has 1 unspecified atom stereocenters. The molecular weight excluding hydrogens is 246 g/mol. The van der Waals surface area contributed by atoms with E-state index in [4.69, 9.17) is 14.6 Å². The Bertz CT molecular complexity index is 272. The number of hydrogen-bond acceptors (Lipinski definition) is 5. The largest absolute Gasteiger partial charge is 0.396 e. The number of aliphatic hydroxyl groups excluding tert-OH is 1. The van der Waals surface area contributed by atoms with Crippen LogP contribution < -0.4 is 4.72 Å². The standard InChI is InChI=1S/C10H23NO5S/c1-9(2)16-6-7-17(13,14)11-10(4-5-12)8-15-3/h9-12H,4-8H2,1-3H3. The molecule has 0 fully saturated rings. The first kappa shape index (κ1) is 16.8. The molecule has 0 saturated heterocycles. The minimum atomic E-state index is -3.39. The minimum Gasteiger partial charge on any atom is -0.396 e. The third-order valence-corrected chi connectivity index (χ3v) is 3.39. The van der Waals surface area contributed by atoms with Gasteiger partial charge in [-0.05, 0) is 20.3 Å². The molecule has 2 N–H and O–H groups in total. The zero-order valence-corrected chi connectivity index (χ0v) is 11.5. The third kappa shape index (κ3) is 9.49. The fraction of sp³-hybridized carbons (Fsp3) is 1.00. The molecule has 0 amide bonds. The summed E-state index contributed by atoms with van der Waals surface area (Å²) in [5.74, 6) is -0.0865. The van der Waals surface area contributed by atoms with Crippen molar-refractivity contribution in [3.8, 4) is 0 Å². The maximum atomic E-state index is 11.6. The average Bonchev–Trinajstić information content (AvgIpc) is 2.16. The normalized spacial score (nSPS) is 14.2. The van der Waals surface area contributed by atoms with E-state index in [1.54, 1.807) is 0 Å². The van der Waals surface area contributed by atoms with Crippen molar-refractivity contribution in [2.45, 2.75) is 32.4 Å². The second kappa shape index (κ2) is 8.82. The Morgan fingerprint density at radius 1 is 1.35 bits per heavy atom. The molecule has 104 valence electrons. The van der Waals surface area contributed by atoms with Gasteiger partial charge in [-0.25, -0.2) is 13.1 Å². The summed E-state index contributed by atoms with van der Waals surface area (Å²) in [6.45, 7) is 4.01. The number of methoxy groups -OCH3 is 1. The Kier molecular flexibility index (Phi) is 8.71. The van der Waals surface area contributed by atoms with Crippen molar-refractivity contribution in [1.29, 1.82) is 0 Å². The van der Waals surface area contributed by atoms with Crippen molar-refractivity contribution < 1.29 is 23.0 Å². The highest BCUT2D eigenvalue weighted by molar-refractivity contribution is 7.89. The second-order valence-corrected chi connectivity index (χ2v) is 5.89. The molecule has 7 heteroatoms. The third-order valence-electron chi connectivity index (χ3n) is 1.99. The maximum absolute atomic E-state index is 11.6. The molecule has 0 aromatic heterocycles. The molecule has 0 heterocycles. The van der Waals surface area contributed by atoms with Crippen LogP contribution in [-0.2, 0) is 19.5 Å². The zero-order chi connectivity index (χ0) is 13.3. The summed E-state index contributed by atoms with van der Waals surface area (Å²) in [6, 6.07) is -0.394. The van der Waals surface area contributed by atoms with Gasteiger partial charge in [-0.2, -0.15) is 0 Å². The molecule has 6 nitrogen and oxygen atoms in total. The van der Waals surface area contributed by atoms with Crippen LogP contribution in [0.2, 0.25) is 0 Å². The highest BCUT2D eigenvalue weighted by Gasteiger charge is 2.17. The molecule has 0 aromatic rings. The van der Waals surface area contributed by atoms with Crippen molar-refractivity contribution in [2.24, 2.45) is 0 Å². The number of hydrogen-bond donors (Lipinski definition) is 2. The first-order valence-corrected chi connectivity index (χ1v) is 7.28. The van der Waals surface area contributed by atoms with Crippen LogP contribution in [0.3, 0.4) is 0 Å². The van der Waals surface area contributed by atoms with Gasteiger partial charge < -0.3 is 14.6 Å². The van der Waals surface area contributed by atoms with Crippen molar-refractivity contribution in [1.82, 2.24) is 4.72 Å². The number of sulfonamides is 1. The summed E-state index contributed by atoms with van der Waals surface area (Å²) < 4.78 is 35.8. The van der Waals surface area contributed by atoms with Crippen LogP contribution in [0.4, 0.5) is 0 Å². The van der Waals surface area contributed by atoms with Gasteiger partial charge in [0.05, 0.1) is 25.1 Å². The SMILES string of the molecule is COCC(CCO)NS(=O)(=O)CCOC(C)C. The highest BCUT2D eigenvalue weighted by Crippen LogP contribution is 1.97. The maximum Gasteiger partial charge on any atom is 0.214 e. The Morgan fingerprint density at radius 2 is 2.00 bits per heavy atom. The molecule has 17 heavy (non-hydrogen) atoms. The van der Waals surface area contributed by atoms with E-state index in [1.807, 2.05) is 13.8 Å². The van der Waals surface area contributed by atoms with Crippen molar-refractivity contribution in [3.63, 3.8) is 0 Å². The lowest BCUT2D eigenvalue weighted by Gasteiger charge is -2.17. The second-order valence-electron chi connectivity index (χ2n) is 4.02. The number of nitrogens with one attached hydrogen (secondary N) is 1. The van der Waals surface area contributed by atoms with E-state index in [0.29, 0.717) is 6.42 Å². The highest BCUT2D eigenvalue weighted by atomic mass is 32.2. The van der Waals surface area contributed by atoms with Gasteiger partial charge in [0.1, 0.15) is 0 Å². The van der Waals surface area contributed by atoms with Gasteiger partial charge in [0, 0.05) is 19.8 Å². The van der Waals surface area contributed by atoms with E-state index in [2.05, 4.69) is 4.72 Å². The monoisotopic (exact) mass is 269 g/mol. The summed E-state index contributed by atoms with van der Waals surface area (Å²) in [4.78, 5) is 0. The first-order chi connectivity index (χ1) is 7.91. The minimum absolute atomic E-state index is 0.0115. The van der Waals surface area contributed by atoms with E-state index >= 15 is 0 Å². The Morgan fingerprint density at radius 3 is 2.47 bits per heavy atom. The van der Waals surface area contributed by atoms with Crippen LogP contribution in [0, 0.1) is 0 Å². The first-order valence-electron chi connectivity index (χ1n) is 5.62. The molecular formula is C10H23NO5S. The topological polar surface area (TPSA) is 84.9 Å². The molecule has 0 radical (unpaired) electrons. The molecule has 0 saturated carbocycles. The van der Waals surface area contributed by atoms with Crippen LogP contribution in [0.25, 0.3) is 0 Å². The summed E-state index contributed by atoms with van der Waals surface area (Å²) in [6.07, 6.45) is 0.343. The van der Waals surface area contributed by atoms with Crippen molar-refractivity contribution in [3.05, 3.63) is 0 Å². The Balaban J connectivity index is 4.11. The predicted molar refractivity (Wildman–Crippen MR) is 65.4 cm³/mol. The predicted octanol–water partition coefficient (Wildman–Crippen LogP) is -0.272. The molecule has 0 aliphatic heterocycles. The summed E-state index contributed by atoms with van der Waals surface area (Å²) in [7, 11) is -1.90. The molecule has 0 aliphatic carbocycles. The van der Waals surface area contributed by atoms with Crippen LogP contribution in [0.15, 0.2) is 0 Å². The van der Waals surface area contributed by atoms with E-state index in [1.165, 1.54) is 7.11 Å². The average molecular weight is 269 g/mol. The van der Waals surface area contributed by atoms with E-state index in [0.717, 1.165) is 0 Å². The van der Waals surface area contributed by atoms with Crippen LogP contribution in [0.1, 0.15) is 20.3 Å². The van der Waals surface area contributed by atoms with Gasteiger partial charge in [0.2, 0.25) is 10.0 Å². The smallest absolute Gasteiger partial charge is 0.214 e. The van der Waals surface area contributed by atoms with Gasteiger partial charge in [0.25, 0.3) is 0 Å². The fourth-order valence-electron chi connectivity index (χ4n) is 1.24. The van der Waals surface area contributed by atoms with Gasteiger partial charge in [-0.3, -0.25) is 0 Å². The van der Waals surface area contributed by atoms with Crippen LogP contribution in [-0.4, -0.2) is 58.4 Å². The van der Waals surface area contributed by atoms with Gasteiger partial charge >= 0.3 is 0 Å². The molecule has 0 aromatic carbocycles. The quantitative estimate of drug-likeness (QED) is 0.570. The molecule has 0 bridgehead atoms. The van der Waals surface area contributed by atoms with E-state index in [-0.39, 0.29) is 31.7 Å². The summed E-state index contributed by atoms with van der Waals surface area (Å²) in [5, 5.41) is 8.79. The lowest BCUT2D eigenvalue weighted by molar-refractivity contribution is 0.0910. The Hall–Kier alpha value is -0.210. The lowest BCUT2D eigenvalue weighted by Crippen LogP contribution is -2.40. The molecule has 0 rings (SSSR count). The molecule has 1 atom stereocenters. The zero-order valence-electron chi connectivity index (χ0n) is 10.7. The molecule has 0 aliphatic rings. The van der Waals surface area contributed by atoms with Crippen LogP contribution >= 0.6 is 0 Å². The molecule has 0 spiro atoms. The fourth-order valence-corrected chi connectivity index (χ4v) is 2.37. The van der Waals surface area contributed by atoms with Gasteiger partial charge in [-0.1, -0.05) is 0 Å². The van der Waals surface area contributed by atoms with E-state index < -0.39 is 16.1 Å².